The number of benzene rings is 1. The van der Waals surface area contributed by atoms with Crippen LogP contribution in [0.4, 0.5) is 0 Å². The van der Waals surface area contributed by atoms with Gasteiger partial charge in [-0.3, -0.25) is 0 Å². The second-order valence-electron chi connectivity index (χ2n) is 3.95. The van der Waals surface area contributed by atoms with Crippen LogP contribution in [0.3, 0.4) is 0 Å². The minimum absolute atomic E-state index is 0.0162. The minimum atomic E-state index is 0.0162. The molecule has 0 saturated carbocycles. The van der Waals surface area contributed by atoms with Gasteiger partial charge in [-0.2, -0.15) is 0 Å². The first kappa shape index (κ1) is 12.0. The Bertz CT molecular complexity index is 299. The van der Waals surface area contributed by atoms with Crippen molar-refractivity contribution in [3.8, 4) is 5.75 Å². The van der Waals surface area contributed by atoms with Gasteiger partial charge in [0.1, 0.15) is 5.75 Å². The molecule has 1 aromatic carbocycles. The van der Waals surface area contributed by atoms with Gasteiger partial charge in [0.05, 0.1) is 7.11 Å². The van der Waals surface area contributed by atoms with E-state index in [1.807, 2.05) is 24.3 Å². The third-order valence-corrected chi connectivity index (χ3v) is 2.27. The summed E-state index contributed by atoms with van der Waals surface area (Å²) in [6, 6.07) is 8.36. The number of nitrogens with one attached hydrogen (secondary N) is 1. The van der Waals surface area contributed by atoms with E-state index >= 15 is 0 Å². The Balaban J connectivity index is 2.60. The van der Waals surface area contributed by atoms with E-state index in [1.54, 1.807) is 7.11 Å². The van der Waals surface area contributed by atoms with Crippen molar-refractivity contribution >= 4 is 0 Å². The van der Waals surface area contributed by atoms with Gasteiger partial charge in [-0.05, 0) is 17.7 Å². The first-order chi connectivity index (χ1) is 7.13. The average Bonchev–Trinajstić information content (AvgIpc) is 2.26. The molecule has 0 aliphatic heterocycles. The molecular formula is C12H20N2O. The SMILES string of the molecule is COc1cccc(C(N)CNC(C)C)c1. The highest BCUT2D eigenvalue weighted by atomic mass is 16.5. The molecule has 1 unspecified atom stereocenters. The molecular weight excluding hydrogens is 188 g/mol. The van der Waals surface area contributed by atoms with Gasteiger partial charge in [-0.1, -0.05) is 26.0 Å². The molecule has 3 heteroatoms. The highest BCUT2D eigenvalue weighted by Gasteiger charge is 2.06. The van der Waals surface area contributed by atoms with Crippen molar-refractivity contribution in [1.82, 2.24) is 5.32 Å². The van der Waals surface area contributed by atoms with Crippen molar-refractivity contribution in [2.24, 2.45) is 5.73 Å². The standard InChI is InChI=1S/C12H20N2O/c1-9(2)14-8-12(13)10-5-4-6-11(7-10)15-3/h4-7,9,12,14H,8,13H2,1-3H3. The zero-order chi connectivity index (χ0) is 11.3. The molecule has 0 saturated heterocycles. The maximum absolute atomic E-state index is 6.05. The van der Waals surface area contributed by atoms with Crippen LogP contribution in [-0.2, 0) is 0 Å². The van der Waals surface area contributed by atoms with Gasteiger partial charge >= 0.3 is 0 Å². The van der Waals surface area contributed by atoms with E-state index in [9.17, 15) is 0 Å². The summed E-state index contributed by atoms with van der Waals surface area (Å²) < 4.78 is 5.15. The van der Waals surface area contributed by atoms with Crippen molar-refractivity contribution in [2.45, 2.75) is 25.9 Å². The average molecular weight is 208 g/mol. The van der Waals surface area contributed by atoms with Crippen LogP contribution in [0, 0.1) is 0 Å². The normalized spacial score (nSPS) is 12.9. The summed E-state index contributed by atoms with van der Waals surface area (Å²) in [5.41, 5.74) is 7.15. The number of methoxy groups -OCH3 is 1. The highest BCUT2D eigenvalue weighted by molar-refractivity contribution is 5.30. The van der Waals surface area contributed by atoms with Crippen LogP contribution in [-0.4, -0.2) is 19.7 Å². The molecule has 0 amide bonds. The Labute approximate surface area is 91.6 Å². The molecule has 1 aromatic rings. The summed E-state index contributed by atoms with van der Waals surface area (Å²) >= 11 is 0. The number of rotatable bonds is 5. The van der Waals surface area contributed by atoms with E-state index in [1.165, 1.54) is 0 Å². The maximum Gasteiger partial charge on any atom is 0.119 e. The Morgan fingerprint density at radius 2 is 2.13 bits per heavy atom. The molecule has 0 aliphatic rings. The van der Waals surface area contributed by atoms with Crippen LogP contribution in [0.25, 0.3) is 0 Å². The Hall–Kier alpha value is -1.06. The van der Waals surface area contributed by atoms with E-state index in [-0.39, 0.29) is 6.04 Å². The van der Waals surface area contributed by atoms with Gasteiger partial charge in [-0.15, -0.1) is 0 Å². The van der Waals surface area contributed by atoms with Crippen LogP contribution < -0.4 is 15.8 Å². The molecule has 3 N–H and O–H groups in total. The quantitative estimate of drug-likeness (QED) is 0.774. The van der Waals surface area contributed by atoms with Gasteiger partial charge in [0.15, 0.2) is 0 Å². The van der Waals surface area contributed by atoms with Crippen molar-refractivity contribution in [1.29, 1.82) is 0 Å². The third kappa shape index (κ3) is 3.90. The van der Waals surface area contributed by atoms with Gasteiger partial charge in [-0.25, -0.2) is 0 Å². The molecule has 0 spiro atoms. The largest absolute Gasteiger partial charge is 0.497 e. The van der Waals surface area contributed by atoms with Crippen LogP contribution in [0.15, 0.2) is 24.3 Å². The monoisotopic (exact) mass is 208 g/mol. The molecule has 0 fully saturated rings. The Morgan fingerprint density at radius 3 is 2.73 bits per heavy atom. The lowest BCUT2D eigenvalue weighted by Gasteiger charge is -2.15. The van der Waals surface area contributed by atoms with Crippen LogP contribution in [0.5, 0.6) is 5.75 Å². The lowest BCUT2D eigenvalue weighted by Crippen LogP contribution is -2.31. The van der Waals surface area contributed by atoms with E-state index in [0.717, 1.165) is 17.9 Å². The lowest BCUT2D eigenvalue weighted by molar-refractivity contribution is 0.413. The number of nitrogens with two attached hydrogens (primary N) is 1. The predicted octanol–water partition coefficient (Wildman–Crippen LogP) is 1.69. The molecule has 84 valence electrons. The summed E-state index contributed by atoms with van der Waals surface area (Å²) in [7, 11) is 1.66. The number of ether oxygens (including phenoxy) is 1. The van der Waals surface area contributed by atoms with E-state index in [4.69, 9.17) is 10.5 Å². The zero-order valence-electron chi connectivity index (χ0n) is 9.66. The smallest absolute Gasteiger partial charge is 0.119 e. The third-order valence-electron chi connectivity index (χ3n) is 2.27. The van der Waals surface area contributed by atoms with E-state index < -0.39 is 0 Å². The summed E-state index contributed by atoms with van der Waals surface area (Å²) in [5.74, 6) is 0.854. The molecule has 0 aliphatic carbocycles. The van der Waals surface area contributed by atoms with Crippen molar-refractivity contribution < 1.29 is 4.74 Å². The number of hydrogen-bond donors (Lipinski definition) is 2. The van der Waals surface area contributed by atoms with Gasteiger partial charge in [0.2, 0.25) is 0 Å². The molecule has 0 heterocycles. The summed E-state index contributed by atoms with van der Waals surface area (Å²) in [5, 5.41) is 3.32. The zero-order valence-corrected chi connectivity index (χ0v) is 9.66. The fourth-order valence-corrected chi connectivity index (χ4v) is 1.35. The van der Waals surface area contributed by atoms with Crippen LogP contribution in [0.1, 0.15) is 25.5 Å². The van der Waals surface area contributed by atoms with Gasteiger partial charge in [0.25, 0.3) is 0 Å². The number of hydrogen-bond acceptors (Lipinski definition) is 3. The van der Waals surface area contributed by atoms with Gasteiger partial charge in [0, 0.05) is 18.6 Å². The second kappa shape index (κ2) is 5.73. The maximum atomic E-state index is 6.05. The molecule has 3 nitrogen and oxygen atoms in total. The van der Waals surface area contributed by atoms with E-state index in [0.29, 0.717) is 6.04 Å². The molecule has 15 heavy (non-hydrogen) atoms. The van der Waals surface area contributed by atoms with Crippen molar-refractivity contribution in [3.05, 3.63) is 29.8 Å². The first-order valence-electron chi connectivity index (χ1n) is 5.26. The minimum Gasteiger partial charge on any atom is -0.497 e. The highest BCUT2D eigenvalue weighted by Crippen LogP contribution is 2.17. The van der Waals surface area contributed by atoms with Crippen molar-refractivity contribution in [3.63, 3.8) is 0 Å². The first-order valence-corrected chi connectivity index (χ1v) is 5.26. The Morgan fingerprint density at radius 1 is 1.40 bits per heavy atom. The molecule has 0 radical (unpaired) electrons. The summed E-state index contributed by atoms with van der Waals surface area (Å²) in [6.45, 7) is 5.00. The molecule has 0 bridgehead atoms. The lowest BCUT2D eigenvalue weighted by atomic mass is 10.1. The molecule has 1 rings (SSSR count). The Kier molecular flexibility index (Phi) is 4.59. The van der Waals surface area contributed by atoms with Gasteiger partial charge < -0.3 is 15.8 Å². The molecule has 1 atom stereocenters. The predicted molar refractivity (Wildman–Crippen MR) is 63.1 cm³/mol. The van der Waals surface area contributed by atoms with Crippen LogP contribution in [0.2, 0.25) is 0 Å². The van der Waals surface area contributed by atoms with Crippen LogP contribution >= 0.6 is 0 Å². The van der Waals surface area contributed by atoms with Crippen molar-refractivity contribution in [2.75, 3.05) is 13.7 Å². The second-order valence-corrected chi connectivity index (χ2v) is 3.95. The summed E-state index contributed by atoms with van der Waals surface area (Å²) in [6.07, 6.45) is 0. The molecule has 0 aromatic heterocycles. The fourth-order valence-electron chi connectivity index (χ4n) is 1.35. The fraction of sp³-hybridized carbons (Fsp3) is 0.500. The summed E-state index contributed by atoms with van der Waals surface area (Å²) in [4.78, 5) is 0. The topological polar surface area (TPSA) is 47.3 Å². The van der Waals surface area contributed by atoms with E-state index in [2.05, 4.69) is 19.2 Å².